The fraction of sp³-hybridized carbons (Fsp3) is 0.625. The summed E-state index contributed by atoms with van der Waals surface area (Å²) >= 11 is 0. The van der Waals surface area contributed by atoms with E-state index in [9.17, 15) is 0 Å². The zero-order valence-electron chi connectivity index (χ0n) is 12.5. The van der Waals surface area contributed by atoms with Crippen LogP contribution in [0.15, 0.2) is 12.1 Å². The number of rotatable bonds is 3. The van der Waals surface area contributed by atoms with E-state index >= 15 is 0 Å². The maximum absolute atomic E-state index is 5.93. The molecule has 3 heteroatoms. The van der Waals surface area contributed by atoms with Gasteiger partial charge in [-0.15, -0.1) is 0 Å². The lowest BCUT2D eigenvalue weighted by atomic mass is 9.93. The molecule has 1 atom stereocenters. The Morgan fingerprint density at radius 3 is 2.37 bits per heavy atom. The molecule has 0 spiro atoms. The van der Waals surface area contributed by atoms with Crippen molar-refractivity contribution in [3.63, 3.8) is 0 Å². The molecular formula is C16H25NO2. The van der Waals surface area contributed by atoms with Crippen molar-refractivity contribution in [2.24, 2.45) is 11.1 Å². The molecule has 1 aromatic rings. The SMILES string of the molecule is Cc1cc2c(cc1C(C)CCN)OCC(C)(C)CO2. The van der Waals surface area contributed by atoms with Crippen LogP contribution in [0.2, 0.25) is 0 Å². The second-order valence-corrected chi connectivity index (χ2v) is 6.38. The van der Waals surface area contributed by atoms with Gasteiger partial charge in [0, 0.05) is 5.41 Å². The van der Waals surface area contributed by atoms with E-state index in [4.69, 9.17) is 15.2 Å². The van der Waals surface area contributed by atoms with E-state index in [1.54, 1.807) is 0 Å². The van der Waals surface area contributed by atoms with Gasteiger partial charge in [-0.25, -0.2) is 0 Å². The number of nitrogens with two attached hydrogens (primary N) is 1. The predicted octanol–water partition coefficient (Wildman–Crippen LogP) is 3.24. The van der Waals surface area contributed by atoms with Crippen LogP contribution in [0.3, 0.4) is 0 Å². The Kier molecular flexibility index (Phi) is 4.04. The summed E-state index contributed by atoms with van der Waals surface area (Å²) in [4.78, 5) is 0. The molecule has 0 fully saturated rings. The minimum Gasteiger partial charge on any atom is -0.489 e. The highest BCUT2D eigenvalue weighted by Crippen LogP contribution is 2.38. The summed E-state index contributed by atoms with van der Waals surface area (Å²) in [6.07, 6.45) is 0.992. The van der Waals surface area contributed by atoms with Crippen molar-refractivity contribution in [2.45, 2.75) is 40.0 Å². The Bertz CT molecular complexity index is 454. The first kappa shape index (κ1) is 14.2. The zero-order valence-corrected chi connectivity index (χ0v) is 12.5. The van der Waals surface area contributed by atoms with Gasteiger partial charge in [0.05, 0.1) is 13.2 Å². The zero-order chi connectivity index (χ0) is 14.0. The van der Waals surface area contributed by atoms with Crippen LogP contribution in [-0.4, -0.2) is 19.8 Å². The second-order valence-electron chi connectivity index (χ2n) is 6.38. The molecule has 3 nitrogen and oxygen atoms in total. The molecule has 0 aromatic heterocycles. The molecule has 0 saturated heterocycles. The summed E-state index contributed by atoms with van der Waals surface area (Å²) in [5, 5.41) is 0. The van der Waals surface area contributed by atoms with Crippen molar-refractivity contribution in [3.05, 3.63) is 23.3 Å². The van der Waals surface area contributed by atoms with Crippen LogP contribution in [-0.2, 0) is 0 Å². The summed E-state index contributed by atoms with van der Waals surface area (Å²) < 4.78 is 11.8. The highest BCUT2D eigenvalue weighted by atomic mass is 16.5. The van der Waals surface area contributed by atoms with E-state index < -0.39 is 0 Å². The molecule has 2 N–H and O–H groups in total. The van der Waals surface area contributed by atoms with Gasteiger partial charge >= 0.3 is 0 Å². The molecule has 2 rings (SSSR count). The molecule has 19 heavy (non-hydrogen) atoms. The normalized spacial score (nSPS) is 18.8. The smallest absolute Gasteiger partial charge is 0.161 e. The van der Waals surface area contributed by atoms with Gasteiger partial charge in [-0.1, -0.05) is 20.8 Å². The monoisotopic (exact) mass is 263 g/mol. The lowest BCUT2D eigenvalue weighted by Gasteiger charge is -2.19. The van der Waals surface area contributed by atoms with Gasteiger partial charge in [-0.2, -0.15) is 0 Å². The van der Waals surface area contributed by atoms with Gasteiger partial charge in [-0.3, -0.25) is 0 Å². The summed E-state index contributed by atoms with van der Waals surface area (Å²) in [5.41, 5.74) is 8.28. The van der Waals surface area contributed by atoms with E-state index in [1.165, 1.54) is 11.1 Å². The molecule has 0 bridgehead atoms. The highest BCUT2D eigenvalue weighted by Gasteiger charge is 2.26. The van der Waals surface area contributed by atoms with Crippen LogP contribution in [0.5, 0.6) is 11.5 Å². The molecule has 1 aromatic carbocycles. The van der Waals surface area contributed by atoms with Crippen LogP contribution >= 0.6 is 0 Å². The first-order chi connectivity index (χ1) is 8.93. The number of aryl methyl sites for hydroxylation is 1. The van der Waals surface area contributed by atoms with Crippen molar-refractivity contribution in [3.8, 4) is 11.5 Å². The van der Waals surface area contributed by atoms with Gasteiger partial charge in [0.25, 0.3) is 0 Å². The Labute approximate surface area is 116 Å². The minimum atomic E-state index is 0.0516. The molecule has 0 aliphatic carbocycles. The number of ether oxygens (including phenoxy) is 2. The molecule has 1 heterocycles. The Balaban J connectivity index is 2.31. The highest BCUT2D eigenvalue weighted by molar-refractivity contribution is 5.48. The summed E-state index contributed by atoms with van der Waals surface area (Å²) in [7, 11) is 0. The van der Waals surface area contributed by atoms with E-state index in [1.807, 2.05) is 0 Å². The number of fused-ring (bicyclic) bond motifs is 1. The second kappa shape index (κ2) is 5.41. The molecule has 106 valence electrons. The predicted molar refractivity (Wildman–Crippen MR) is 78.0 cm³/mol. The third-order valence-electron chi connectivity index (χ3n) is 3.70. The van der Waals surface area contributed by atoms with E-state index in [-0.39, 0.29) is 5.41 Å². The van der Waals surface area contributed by atoms with Crippen LogP contribution in [0.25, 0.3) is 0 Å². The average Bonchev–Trinajstić information content (AvgIpc) is 2.48. The Morgan fingerprint density at radius 1 is 1.21 bits per heavy atom. The van der Waals surface area contributed by atoms with Gasteiger partial charge in [0.15, 0.2) is 11.5 Å². The standard InChI is InChI=1S/C16H25NO2/c1-11(5-6-17)13-8-15-14(7-12(13)2)18-9-16(3,4)10-19-15/h7-8,11H,5-6,9-10,17H2,1-4H3. The van der Waals surface area contributed by atoms with E-state index in [0.29, 0.717) is 25.7 Å². The first-order valence-electron chi connectivity index (χ1n) is 7.03. The maximum atomic E-state index is 5.93. The van der Waals surface area contributed by atoms with Crippen LogP contribution in [0.1, 0.15) is 44.2 Å². The van der Waals surface area contributed by atoms with Crippen molar-refractivity contribution < 1.29 is 9.47 Å². The molecule has 0 amide bonds. The quantitative estimate of drug-likeness (QED) is 0.910. The van der Waals surface area contributed by atoms with Crippen LogP contribution in [0.4, 0.5) is 0 Å². The average molecular weight is 263 g/mol. The molecule has 1 aliphatic heterocycles. The molecule has 0 radical (unpaired) electrons. The Hall–Kier alpha value is -1.22. The van der Waals surface area contributed by atoms with Crippen LogP contribution < -0.4 is 15.2 Å². The third kappa shape index (κ3) is 3.21. The maximum Gasteiger partial charge on any atom is 0.161 e. The number of hydrogen-bond donors (Lipinski definition) is 1. The van der Waals surface area contributed by atoms with Gasteiger partial charge < -0.3 is 15.2 Å². The van der Waals surface area contributed by atoms with E-state index in [2.05, 4.69) is 39.8 Å². The fourth-order valence-corrected chi connectivity index (χ4v) is 2.43. The van der Waals surface area contributed by atoms with E-state index in [0.717, 1.165) is 17.9 Å². The molecular weight excluding hydrogens is 238 g/mol. The van der Waals surface area contributed by atoms with Gasteiger partial charge in [0.1, 0.15) is 0 Å². The molecule has 1 unspecified atom stereocenters. The topological polar surface area (TPSA) is 44.5 Å². The Morgan fingerprint density at radius 2 is 1.79 bits per heavy atom. The molecule has 0 saturated carbocycles. The van der Waals surface area contributed by atoms with Gasteiger partial charge in [0.2, 0.25) is 0 Å². The summed E-state index contributed by atoms with van der Waals surface area (Å²) in [6.45, 7) is 10.7. The summed E-state index contributed by atoms with van der Waals surface area (Å²) in [6, 6.07) is 4.23. The summed E-state index contributed by atoms with van der Waals surface area (Å²) in [5.74, 6) is 2.19. The van der Waals surface area contributed by atoms with Crippen molar-refractivity contribution >= 4 is 0 Å². The third-order valence-corrected chi connectivity index (χ3v) is 3.70. The van der Waals surface area contributed by atoms with Crippen molar-refractivity contribution in [1.29, 1.82) is 0 Å². The first-order valence-corrected chi connectivity index (χ1v) is 7.03. The van der Waals surface area contributed by atoms with Crippen molar-refractivity contribution in [2.75, 3.05) is 19.8 Å². The van der Waals surface area contributed by atoms with Crippen LogP contribution in [0, 0.1) is 12.3 Å². The minimum absolute atomic E-state index is 0.0516. The van der Waals surface area contributed by atoms with Gasteiger partial charge in [-0.05, 0) is 49.1 Å². The lowest BCUT2D eigenvalue weighted by Crippen LogP contribution is -2.26. The largest absolute Gasteiger partial charge is 0.489 e. The fourth-order valence-electron chi connectivity index (χ4n) is 2.43. The number of hydrogen-bond acceptors (Lipinski definition) is 3. The lowest BCUT2D eigenvalue weighted by molar-refractivity contribution is 0.140. The van der Waals surface area contributed by atoms with Crippen molar-refractivity contribution in [1.82, 2.24) is 0 Å². The number of benzene rings is 1. The molecule has 1 aliphatic rings.